The molecule has 0 aliphatic carbocycles. The highest BCUT2D eigenvalue weighted by atomic mass is 32.1. The first kappa shape index (κ1) is 13.0. The number of aryl methyl sites for hydroxylation is 1. The minimum Gasteiger partial charge on any atom is -0.359 e. The Morgan fingerprint density at radius 2 is 2.17 bits per heavy atom. The molecule has 2 heterocycles. The highest BCUT2D eigenvalue weighted by Gasteiger charge is 2.13. The lowest BCUT2D eigenvalue weighted by atomic mass is 10.3. The van der Waals surface area contributed by atoms with Gasteiger partial charge in [-0.1, -0.05) is 13.8 Å². The van der Waals surface area contributed by atoms with Crippen molar-refractivity contribution in [1.82, 2.24) is 9.97 Å². The Balaban J connectivity index is 2.56. The van der Waals surface area contributed by atoms with Gasteiger partial charge in [-0.15, -0.1) is 11.3 Å². The van der Waals surface area contributed by atoms with Gasteiger partial charge in [0.1, 0.15) is 10.6 Å². The number of anilines is 2. The number of nitrogens with zero attached hydrogens (tertiary/aromatic N) is 3. The molecule has 2 rings (SSSR count). The molecule has 0 aliphatic heterocycles. The number of thiophene rings is 1. The van der Waals surface area contributed by atoms with Crippen molar-refractivity contribution in [2.45, 2.75) is 26.7 Å². The van der Waals surface area contributed by atoms with Crippen LogP contribution in [0.4, 0.5) is 11.8 Å². The number of fused-ring (bicyclic) bond motifs is 1. The third-order valence-electron chi connectivity index (χ3n) is 2.82. The SMILES string of the molecule is CCCN(C)c1nc(NN)nc2sc(CC)cc12. The summed E-state index contributed by atoms with van der Waals surface area (Å²) < 4.78 is 0. The lowest BCUT2D eigenvalue weighted by Gasteiger charge is -2.18. The first-order valence-electron chi connectivity index (χ1n) is 6.17. The Bertz CT molecular complexity index is 536. The van der Waals surface area contributed by atoms with Crippen molar-refractivity contribution in [3.8, 4) is 0 Å². The van der Waals surface area contributed by atoms with Gasteiger partial charge in [-0.05, 0) is 18.9 Å². The summed E-state index contributed by atoms with van der Waals surface area (Å²) >= 11 is 1.70. The van der Waals surface area contributed by atoms with Gasteiger partial charge in [-0.25, -0.2) is 10.8 Å². The Labute approximate surface area is 111 Å². The van der Waals surface area contributed by atoms with Crippen LogP contribution in [0.2, 0.25) is 0 Å². The molecule has 6 heteroatoms. The van der Waals surface area contributed by atoms with Crippen LogP contribution < -0.4 is 16.2 Å². The van der Waals surface area contributed by atoms with E-state index in [2.05, 4.69) is 47.3 Å². The Morgan fingerprint density at radius 1 is 1.39 bits per heavy atom. The summed E-state index contributed by atoms with van der Waals surface area (Å²) in [5.41, 5.74) is 2.54. The average molecular weight is 265 g/mol. The quantitative estimate of drug-likeness (QED) is 0.642. The molecule has 0 atom stereocenters. The van der Waals surface area contributed by atoms with Crippen molar-refractivity contribution in [2.24, 2.45) is 5.84 Å². The van der Waals surface area contributed by atoms with Crippen LogP contribution in [-0.4, -0.2) is 23.6 Å². The molecule has 18 heavy (non-hydrogen) atoms. The van der Waals surface area contributed by atoms with Crippen LogP contribution >= 0.6 is 11.3 Å². The number of nitrogens with two attached hydrogens (primary N) is 1. The van der Waals surface area contributed by atoms with Gasteiger partial charge in [-0.2, -0.15) is 4.98 Å². The van der Waals surface area contributed by atoms with Gasteiger partial charge in [0.2, 0.25) is 5.95 Å². The molecule has 0 aliphatic rings. The monoisotopic (exact) mass is 265 g/mol. The number of hydrazine groups is 1. The van der Waals surface area contributed by atoms with Gasteiger partial charge in [0.25, 0.3) is 0 Å². The molecule has 0 saturated carbocycles. The molecule has 0 fully saturated rings. The molecule has 0 saturated heterocycles. The molecule has 2 aromatic heterocycles. The lowest BCUT2D eigenvalue weighted by molar-refractivity contribution is 0.840. The van der Waals surface area contributed by atoms with Gasteiger partial charge in [0, 0.05) is 18.5 Å². The molecule has 0 unspecified atom stereocenters. The molecule has 0 aromatic carbocycles. The standard InChI is InChI=1S/C12H19N5S/c1-4-6-17(3)10-9-7-8(5-2)18-11(9)15-12(14-10)16-13/h7H,4-6,13H2,1-3H3,(H,14,15,16). The van der Waals surface area contributed by atoms with Crippen LogP contribution in [0, 0.1) is 0 Å². The Hall–Kier alpha value is -1.40. The van der Waals surface area contributed by atoms with Crippen molar-refractivity contribution in [1.29, 1.82) is 0 Å². The van der Waals surface area contributed by atoms with E-state index >= 15 is 0 Å². The molecule has 0 bridgehead atoms. The van der Waals surface area contributed by atoms with Gasteiger partial charge in [-0.3, -0.25) is 5.43 Å². The summed E-state index contributed by atoms with van der Waals surface area (Å²) in [7, 11) is 2.05. The number of nitrogen functional groups attached to an aromatic ring is 1. The Morgan fingerprint density at radius 3 is 2.78 bits per heavy atom. The lowest BCUT2D eigenvalue weighted by Crippen LogP contribution is -2.21. The number of aromatic nitrogens is 2. The second kappa shape index (κ2) is 5.49. The first-order valence-corrected chi connectivity index (χ1v) is 6.99. The van der Waals surface area contributed by atoms with E-state index in [0.717, 1.165) is 35.4 Å². The van der Waals surface area contributed by atoms with Crippen molar-refractivity contribution < 1.29 is 0 Å². The largest absolute Gasteiger partial charge is 0.359 e. The zero-order valence-corrected chi connectivity index (χ0v) is 11.8. The Kier molecular flexibility index (Phi) is 3.98. The number of hydrogen-bond donors (Lipinski definition) is 2. The van der Waals surface area contributed by atoms with Gasteiger partial charge in [0.05, 0.1) is 5.39 Å². The third kappa shape index (κ3) is 2.39. The van der Waals surface area contributed by atoms with Gasteiger partial charge < -0.3 is 4.90 Å². The fourth-order valence-corrected chi connectivity index (χ4v) is 2.89. The fraction of sp³-hybridized carbons (Fsp3) is 0.500. The second-order valence-corrected chi connectivity index (χ2v) is 5.34. The van der Waals surface area contributed by atoms with E-state index in [1.54, 1.807) is 11.3 Å². The molecule has 2 aromatic rings. The maximum Gasteiger partial charge on any atom is 0.240 e. The second-order valence-electron chi connectivity index (χ2n) is 4.22. The van der Waals surface area contributed by atoms with Crippen LogP contribution in [0.1, 0.15) is 25.1 Å². The predicted molar refractivity (Wildman–Crippen MR) is 78.2 cm³/mol. The number of hydrogen-bond acceptors (Lipinski definition) is 6. The van der Waals surface area contributed by atoms with Crippen LogP contribution in [0.5, 0.6) is 0 Å². The maximum atomic E-state index is 5.43. The van der Waals surface area contributed by atoms with Gasteiger partial charge in [0.15, 0.2) is 0 Å². The van der Waals surface area contributed by atoms with E-state index < -0.39 is 0 Å². The molecular formula is C12H19N5S. The van der Waals surface area contributed by atoms with E-state index in [-0.39, 0.29) is 0 Å². The van der Waals surface area contributed by atoms with Crippen LogP contribution in [0.25, 0.3) is 10.2 Å². The molecule has 0 radical (unpaired) electrons. The fourth-order valence-electron chi connectivity index (χ4n) is 1.93. The van der Waals surface area contributed by atoms with Crippen LogP contribution in [0.3, 0.4) is 0 Å². The number of nitrogens with one attached hydrogen (secondary N) is 1. The van der Waals surface area contributed by atoms with Crippen molar-refractivity contribution in [2.75, 3.05) is 23.9 Å². The van der Waals surface area contributed by atoms with Crippen molar-refractivity contribution >= 4 is 33.3 Å². The van der Waals surface area contributed by atoms with Crippen LogP contribution in [-0.2, 0) is 6.42 Å². The summed E-state index contributed by atoms with van der Waals surface area (Å²) in [6, 6.07) is 2.18. The van der Waals surface area contributed by atoms with E-state index in [0.29, 0.717) is 5.95 Å². The van der Waals surface area contributed by atoms with Crippen molar-refractivity contribution in [3.63, 3.8) is 0 Å². The maximum absolute atomic E-state index is 5.43. The topological polar surface area (TPSA) is 67.1 Å². The summed E-state index contributed by atoms with van der Waals surface area (Å²) in [5.74, 6) is 6.86. The summed E-state index contributed by atoms with van der Waals surface area (Å²) in [6.45, 7) is 5.27. The zero-order chi connectivity index (χ0) is 13.1. The average Bonchev–Trinajstić information content (AvgIpc) is 2.80. The normalized spacial score (nSPS) is 10.9. The zero-order valence-electron chi connectivity index (χ0n) is 11.0. The molecule has 0 spiro atoms. The molecule has 5 nitrogen and oxygen atoms in total. The summed E-state index contributed by atoms with van der Waals surface area (Å²) in [4.78, 5) is 13.3. The molecule has 0 amide bonds. The first-order chi connectivity index (χ1) is 8.69. The highest BCUT2D eigenvalue weighted by molar-refractivity contribution is 7.18. The molecule has 3 N–H and O–H groups in total. The minimum atomic E-state index is 0.477. The summed E-state index contributed by atoms with van der Waals surface area (Å²) in [6.07, 6.45) is 2.10. The number of rotatable bonds is 5. The predicted octanol–water partition coefficient (Wildman–Crippen LogP) is 2.39. The smallest absolute Gasteiger partial charge is 0.240 e. The van der Waals surface area contributed by atoms with Crippen LogP contribution in [0.15, 0.2) is 6.07 Å². The van der Waals surface area contributed by atoms with Crippen molar-refractivity contribution in [3.05, 3.63) is 10.9 Å². The minimum absolute atomic E-state index is 0.477. The third-order valence-corrected chi connectivity index (χ3v) is 4.00. The van der Waals surface area contributed by atoms with E-state index in [1.807, 2.05) is 0 Å². The van der Waals surface area contributed by atoms with E-state index in [9.17, 15) is 0 Å². The van der Waals surface area contributed by atoms with Gasteiger partial charge >= 0.3 is 0 Å². The molecule has 98 valence electrons. The molecular weight excluding hydrogens is 246 g/mol. The van der Waals surface area contributed by atoms with E-state index in [4.69, 9.17) is 5.84 Å². The van der Waals surface area contributed by atoms with E-state index in [1.165, 1.54) is 4.88 Å². The summed E-state index contributed by atoms with van der Waals surface area (Å²) in [5, 5.41) is 1.12. The highest BCUT2D eigenvalue weighted by Crippen LogP contribution is 2.31.